The Morgan fingerprint density at radius 3 is 2.43 bits per heavy atom. The van der Waals surface area contributed by atoms with E-state index in [9.17, 15) is 13.2 Å². The van der Waals surface area contributed by atoms with Gasteiger partial charge in [0.25, 0.3) is 0 Å². The second kappa shape index (κ2) is 6.34. The maximum absolute atomic E-state index is 12.1. The lowest BCUT2D eigenvalue weighted by Crippen LogP contribution is -2.17. The van der Waals surface area contributed by atoms with Gasteiger partial charge in [0.05, 0.1) is 5.69 Å². The van der Waals surface area contributed by atoms with Crippen LogP contribution < -0.4 is 10.1 Å². The van der Waals surface area contributed by atoms with E-state index in [1.165, 1.54) is 12.1 Å². The van der Waals surface area contributed by atoms with Gasteiger partial charge in [0.1, 0.15) is 10.4 Å². The maximum atomic E-state index is 12.1. The normalized spacial score (nSPS) is 12.8. The van der Waals surface area contributed by atoms with Crippen molar-refractivity contribution in [2.24, 2.45) is 0 Å². The summed E-state index contributed by atoms with van der Waals surface area (Å²) in [7, 11) is 0. The molecule has 1 heterocycles. The van der Waals surface area contributed by atoms with Crippen molar-refractivity contribution in [1.82, 2.24) is 4.98 Å². The van der Waals surface area contributed by atoms with Crippen LogP contribution in [-0.2, 0) is 0 Å². The van der Waals surface area contributed by atoms with E-state index in [2.05, 4.69) is 31.0 Å². The summed E-state index contributed by atoms with van der Waals surface area (Å²) in [5.74, 6) is -0.235. The lowest BCUT2D eigenvalue weighted by atomic mass is 10.1. The molecular weight excluding hydrogens is 349 g/mol. The number of hydrogen-bond donors (Lipinski definition) is 1. The Morgan fingerprint density at radius 1 is 1.19 bits per heavy atom. The van der Waals surface area contributed by atoms with Crippen LogP contribution in [0.2, 0.25) is 0 Å². The quantitative estimate of drug-likeness (QED) is 0.786. The number of rotatable bonds is 4. The molecule has 1 N–H and O–H groups in total. The van der Waals surface area contributed by atoms with Gasteiger partial charge in [-0.1, -0.05) is 12.1 Å². The van der Waals surface area contributed by atoms with E-state index >= 15 is 0 Å². The number of alkyl halides is 3. The Balaban J connectivity index is 2.06. The number of nitrogens with one attached hydrogen (secondary N) is 1. The molecular formula is C14H12BrF3N2O. The zero-order valence-corrected chi connectivity index (χ0v) is 12.6. The fourth-order valence-electron chi connectivity index (χ4n) is 1.77. The summed E-state index contributed by atoms with van der Waals surface area (Å²) < 4.78 is 40.8. The summed E-state index contributed by atoms with van der Waals surface area (Å²) >= 11 is 3.32. The van der Waals surface area contributed by atoms with Crippen molar-refractivity contribution in [3.05, 3.63) is 52.8 Å². The van der Waals surface area contributed by atoms with E-state index in [1.807, 2.05) is 13.0 Å². The largest absolute Gasteiger partial charge is 0.573 e. The summed E-state index contributed by atoms with van der Waals surface area (Å²) in [5, 5.41) is 3.22. The summed E-state index contributed by atoms with van der Waals surface area (Å²) in [5.41, 5.74) is 1.64. The van der Waals surface area contributed by atoms with Crippen molar-refractivity contribution in [2.45, 2.75) is 19.3 Å². The van der Waals surface area contributed by atoms with Crippen LogP contribution in [0.1, 0.15) is 18.5 Å². The van der Waals surface area contributed by atoms with Crippen LogP contribution in [0, 0.1) is 0 Å². The molecule has 2 aromatic rings. The van der Waals surface area contributed by atoms with Crippen LogP contribution >= 0.6 is 15.9 Å². The molecule has 0 fully saturated rings. The average molecular weight is 361 g/mol. The average Bonchev–Trinajstić information content (AvgIpc) is 2.40. The molecule has 0 aliphatic rings. The molecule has 7 heteroatoms. The lowest BCUT2D eigenvalue weighted by molar-refractivity contribution is -0.274. The first-order valence-electron chi connectivity index (χ1n) is 6.08. The molecule has 0 aliphatic heterocycles. The molecule has 2 rings (SSSR count). The van der Waals surface area contributed by atoms with E-state index in [0.29, 0.717) is 4.60 Å². The molecule has 0 saturated heterocycles. The van der Waals surface area contributed by atoms with E-state index < -0.39 is 6.36 Å². The van der Waals surface area contributed by atoms with Gasteiger partial charge in [-0.2, -0.15) is 0 Å². The number of aromatic nitrogens is 1. The van der Waals surface area contributed by atoms with Gasteiger partial charge in [0.15, 0.2) is 0 Å². The topological polar surface area (TPSA) is 34.2 Å². The molecule has 112 valence electrons. The lowest BCUT2D eigenvalue weighted by Gasteiger charge is -2.17. The molecule has 0 spiro atoms. The zero-order chi connectivity index (χ0) is 15.5. The third kappa shape index (κ3) is 4.63. The predicted octanol–water partition coefficient (Wildman–Crippen LogP) is 4.92. The van der Waals surface area contributed by atoms with Gasteiger partial charge in [0.2, 0.25) is 0 Å². The molecule has 0 bridgehead atoms. The van der Waals surface area contributed by atoms with Crippen LogP contribution in [0.3, 0.4) is 0 Å². The molecule has 21 heavy (non-hydrogen) atoms. The first-order valence-corrected chi connectivity index (χ1v) is 6.87. The zero-order valence-electron chi connectivity index (χ0n) is 11.0. The molecule has 0 saturated carbocycles. The van der Waals surface area contributed by atoms with E-state index in [4.69, 9.17) is 0 Å². The number of anilines is 1. The number of ether oxygens (including phenoxy) is 1. The smallest absolute Gasteiger partial charge is 0.406 e. The summed E-state index contributed by atoms with van der Waals surface area (Å²) in [6.45, 7) is 1.90. The fraction of sp³-hybridized carbons (Fsp3) is 0.214. The highest BCUT2D eigenvalue weighted by atomic mass is 79.9. The number of halogens is 4. The van der Waals surface area contributed by atoms with E-state index in [1.54, 1.807) is 24.4 Å². The minimum atomic E-state index is -4.67. The first kappa shape index (κ1) is 15.6. The molecule has 1 aromatic carbocycles. The van der Waals surface area contributed by atoms with Gasteiger partial charge >= 0.3 is 6.36 Å². The van der Waals surface area contributed by atoms with Crippen molar-refractivity contribution in [2.75, 3.05) is 5.32 Å². The second-order valence-corrected chi connectivity index (χ2v) is 5.08. The van der Waals surface area contributed by atoms with Gasteiger partial charge in [-0.05, 0) is 52.7 Å². The number of nitrogens with zero attached hydrogens (tertiary/aromatic N) is 1. The Hall–Kier alpha value is -1.76. The van der Waals surface area contributed by atoms with Crippen molar-refractivity contribution in [1.29, 1.82) is 0 Å². The van der Waals surface area contributed by atoms with Crippen LogP contribution in [0.15, 0.2) is 47.2 Å². The molecule has 1 aromatic heterocycles. The second-order valence-electron chi connectivity index (χ2n) is 4.32. The highest BCUT2D eigenvalue weighted by Crippen LogP contribution is 2.27. The number of pyridine rings is 1. The molecule has 0 aliphatic carbocycles. The number of benzene rings is 1. The van der Waals surface area contributed by atoms with Gasteiger partial charge in [-0.25, -0.2) is 4.98 Å². The van der Waals surface area contributed by atoms with Gasteiger partial charge in [-0.3, -0.25) is 0 Å². The standard InChI is InChI=1S/C14H12BrF3N2O/c1-9(20-12-3-2-8-19-13(12)15)10-4-6-11(7-5-10)21-14(16,17)18/h2-9,20H,1H3. The van der Waals surface area contributed by atoms with E-state index in [0.717, 1.165) is 11.3 Å². The van der Waals surface area contributed by atoms with Crippen LogP contribution in [0.5, 0.6) is 5.75 Å². The SMILES string of the molecule is CC(Nc1cccnc1Br)c1ccc(OC(F)(F)F)cc1. The van der Waals surface area contributed by atoms with Crippen molar-refractivity contribution in [3.8, 4) is 5.75 Å². The molecule has 1 atom stereocenters. The monoisotopic (exact) mass is 360 g/mol. The molecule has 0 radical (unpaired) electrons. The summed E-state index contributed by atoms with van der Waals surface area (Å²) in [6, 6.07) is 9.31. The molecule has 3 nitrogen and oxygen atoms in total. The minimum Gasteiger partial charge on any atom is -0.406 e. The van der Waals surface area contributed by atoms with Crippen LogP contribution in [-0.4, -0.2) is 11.3 Å². The van der Waals surface area contributed by atoms with Crippen molar-refractivity contribution in [3.63, 3.8) is 0 Å². The summed E-state index contributed by atoms with van der Waals surface area (Å²) in [6.07, 6.45) is -3.02. The van der Waals surface area contributed by atoms with Gasteiger partial charge < -0.3 is 10.1 Å². The van der Waals surface area contributed by atoms with Crippen LogP contribution in [0.25, 0.3) is 0 Å². The Morgan fingerprint density at radius 2 is 1.86 bits per heavy atom. The van der Waals surface area contributed by atoms with Gasteiger partial charge in [0, 0.05) is 12.2 Å². The van der Waals surface area contributed by atoms with Crippen LogP contribution in [0.4, 0.5) is 18.9 Å². The Bertz CT molecular complexity index is 602. The van der Waals surface area contributed by atoms with E-state index in [-0.39, 0.29) is 11.8 Å². The third-order valence-corrected chi connectivity index (χ3v) is 3.38. The minimum absolute atomic E-state index is 0.0922. The third-order valence-electron chi connectivity index (χ3n) is 2.74. The Labute approximate surface area is 128 Å². The van der Waals surface area contributed by atoms with Crippen molar-refractivity contribution >= 4 is 21.6 Å². The Kier molecular flexibility index (Phi) is 4.72. The highest BCUT2D eigenvalue weighted by molar-refractivity contribution is 9.10. The van der Waals surface area contributed by atoms with Crippen molar-refractivity contribution < 1.29 is 17.9 Å². The predicted molar refractivity (Wildman–Crippen MR) is 77.1 cm³/mol. The van der Waals surface area contributed by atoms with Gasteiger partial charge in [-0.15, -0.1) is 13.2 Å². The first-order chi connectivity index (χ1) is 9.85. The summed E-state index contributed by atoms with van der Waals surface area (Å²) in [4.78, 5) is 4.09. The molecule has 1 unspecified atom stereocenters. The number of hydrogen-bond acceptors (Lipinski definition) is 3. The maximum Gasteiger partial charge on any atom is 0.573 e. The highest BCUT2D eigenvalue weighted by Gasteiger charge is 2.31. The fourth-order valence-corrected chi connectivity index (χ4v) is 2.13. The molecule has 0 amide bonds.